The van der Waals surface area contributed by atoms with Crippen LogP contribution in [0.2, 0.25) is 0 Å². The number of hydrogen-bond donors (Lipinski definition) is 0. The molecule has 0 radical (unpaired) electrons. The van der Waals surface area contributed by atoms with Gasteiger partial charge >= 0.3 is 135 Å². The van der Waals surface area contributed by atoms with E-state index in [2.05, 4.69) is 46.8 Å². The molecule has 0 aromatic heterocycles. The molecular weight excluding hydrogens is 378 g/mol. The van der Waals surface area contributed by atoms with Crippen molar-refractivity contribution in [3.63, 3.8) is 0 Å². The summed E-state index contributed by atoms with van der Waals surface area (Å²) in [6.45, 7) is 12.3. The summed E-state index contributed by atoms with van der Waals surface area (Å²) in [6, 6.07) is 0. The molecule has 0 aromatic rings. The molecule has 2 aliphatic rings. The van der Waals surface area contributed by atoms with E-state index in [-0.39, 0.29) is 24.8 Å². The van der Waals surface area contributed by atoms with Gasteiger partial charge in [0, 0.05) is 0 Å². The smallest absolute Gasteiger partial charge is 1.00 e. The van der Waals surface area contributed by atoms with E-state index in [1.807, 2.05) is 0 Å². The number of hydrogen-bond acceptors (Lipinski definition) is 0. The van der Waals surface area contributed by atoms with E-state index in [4.69, 9.17) is 0 Å². The summed E-state index contributed by atoms with van der Waals surface area (Å²) in [4.78, 5) is 0. The van der Waals surface area contributed by atoms with E-state index in [1.54, 1.807) is 33.6 Å². The molecular formula is C18H29Cl2Zr. The maximum absolute atomic E-state index is 2.53. The first-order chi connectivity index (χ1) is 8.77. The zero-order valence-electron chi connectivity index (χ0n) is 14.1. The fraction of sp³-hybridized carbons (Fsp3) is 0.778. The molecule has 0 saturated heterocycles. The quantitative estimate of drug-likeness (QED) is 0.599. The van der Waals surface area contributed by atoms with Gasteiger partial charge in [-0.2, -0.15) is 0 Å². The maximum Gasteiger partial charge on any atom is -1.00 e. The molecule has 0 bridgehead atoms. The number of rotatable bonds is 3. The average molecular weight is 408 g/mol. The molecule has 1 saturated carbocycles. The van der Waals surface area contributed by atoms with Crippen LogP contribution in [-0.4, -0.2) is 0 Å². The van der Waals surface area contributed by atoms with Crippen LogP contribution in [0.15, 0.2) is 21.0 Å². The van der Waals surface area contributed by atoms with E-state index in [0.717, 1.165) is 11.8 Å². The third kappa shape index (κ3) is 4.48. The monoisotopic (exact) mass is 405 g/mol. The van der Waals surface area contributed by atoms with Crippen molar-refractivity contribution in [2.75, 3.05) is 0 Å². The molecule has 0 aliphatic heterocycles. The Morgan fingerprint density at radius 3 is 2.38 bits per heavy atom. The van der Waals surface area contributed by atoms with Gasteiger partial charge in [0.2, 0.25) is 0 Å². The van der Waals surface area contributed by atoms with E-state index >= 15 is 0 Å². The normalized spacial score (nSPS) is 29.4. The van der Waals surface area contributed by atoms with Crippen LogP contribution in [0.1, 0.15) is 66.7 Å². The maximum atomic E-state index is 2.53. The van der Waals surface area contributed by atoms with Crippen LogP contribution in [0, 0.1) is 22.7 Å². The fourth-order valence-corrected chi connectivity index (χ4v) is 5.14. The minimum Gasteiger partial charge on any atom is -1.00 e. The third-order valence-electron chi connectivity index (χ3n) is 6.10. The summed E-state index contributed by atoms with van der Waals surface area (Å²) in [7, 11) is 0. The Bertz CT molecular complexity index is 409. The molecule has 2 unspecified atom stereocenters. The molecule has 0 nitrogen and oxygen atoms in total. The van der Waals surface area contributed by atoms with Crippen molar-refractivity contribution in [2.24, 2.45) is 22.7 Å². The Balaban J connectivity index is 0.00000200. The largest absolute Gasteiger partial charge is 1.00 e. The minimum absolute atomic E-state index is 0. The van der Waals surface area contributed by atoms with Crippen molar-refractivity contribution in [3.8, 4) is 0 Å². The summed E-state index contributed by atoms with van der Waals surface area (Å²) >= 11 is 1.63. The standard InChI is InChI=1S/C18H29.2ClH.Zr/c1-14(2)17(3,4)16-11-8-12-18(5,13-16)15-9-6-7-10-15;;;/h6,9,14,16H,7-8,11-13H2,1-5H3;2*1H;/q;;;+2/p-2. The third-order valence-corrected chi connectivity index (χ3v) is 7.26. The van der Waals surface area contributed by atoms with Crippen molar-refractivity contribution in [3.05, 3.63) is 21.0 Å². The van der Waals surface area contributed by atoms with E-state index in [0.29, 0.717) is 10.8 Å². The van der Waals surface area contributed by atoms with Crippen LogP contribution >= 0.6 is 0 Å². The van der Waals surface area contributed by atoms with Crippen LogP contribution in [0.25, 0.3) is 0 Å². The summed E-state index contributed by atoms with van der Waals surface area (Å²) < 4.78 is 1.71. The van der Waals surface area contributed by atoms with Gasteiger partial charge in [0.15, 0.2) is 0 Å². The number of allylic oxidation sites excluding steroid dienone is 4. The van der Waals surface area contributed by atoms with Crippen LogP contribution in [0.4, 0.5) is 0 Å². The molecule has 0 heterocycles. The van der Waals surface area contributed by atoms with E-state index < -0.39 is 0 Å². The molecule has 0 N–H and O–H groups in total. The van der Waals surface area contributed by atoms with Crippen molar-refractivity contribution in [2.45, 2.75) is 66.7 Å². The minimum atomic E-state index is 0. The average Bonchev–Trinajstić information content (AvgIpc) is 2.76. The van der Waals surface area contributed by atoms with Crippen molar-refractivity contribution in [1.82, 2.24) is 0 Å². The molecule has 0 spiro atoms. The molecule has 2 aliphatic carbocycles. The van der Waals surface area contributed by atoms with Gasteiger partial charge < -0.3 is 24.8 Å². The van der Waals surface area contributed by atoms with E-state index in [9.17, 15) is 0 Å². The SMILES string of the molecule is CC(C)C(C)(C)C1CCCC(C)(C2=[C]([Zr+2])CC=C2)C1.[Cl-].[Cl-]. The summed E-state index contributed by atoms with van der Waals surface area (Å²) in [5, 5.41) is 0. The Labute approximate surface area is 159 Å². The summed E-state index contributed by atoms with van der Waals surface area (Å²) in [5.41, 5.74) is 2.64. The molecule has 0 amide bonds. The topological polar surface area (TPSA) is 0 Å². The van der Waals surface area contributed by atoms with Crippen LogP contribution in [0.3, 0.4) is 0 Å². The van der Waals surface area contributed by atoms with Gasteiger partial charge in [-0.25, -0.2) is 0 Å². The van der Waals surface area contributed by atoms with Crippen molar-refractivity contribution >= 4 is 0 Å². The molecule has 21 heavy (non-hydrogen) atoms. The second-order valence-corrected chi connectivity index (χ2v) is 9.31. The number of halogens is 2. The Morgan fingerprint density at radius 2 is 1.90 bits per heavy atom. The Hall–Kier alpha value is 0.943. The predicted molar refractivity (Wildman–Crippen MR) is 79.5 cm³/mol. The van der Waals surface area contributed by atoms with Crippen LogP contribution in [-0.2, 0) is 24.7 Å². The first-order valence-electron chi connectivity index (χ1n) is 7.89. The van der Waals surface area contributed by atoms with Crippen LogP contribution < -0.4 is 24.8 Å². The van der Waals surface area contributed by atoms with Gasteiger partial charge in [0.25, 0.3) is 0 Å². The molecule has 3 heteroatoms. The van der Waals surface area contributed by atoms with Gasteiger partial charge in [-0.05, 0) is 0 Å². The van der Waals surface area contributed by atoms with Gasteiger partial charge in [0.05, 0.1) is 0 Å². The predicted octanol–water partition coefficient (Wildman–Crippen LogP) is -0.366. The van der Waals surface area contributed by atoms with Crippen molar-refractivity contribution in [1.29, 1.82) is 0 Å². The second-order valence-electron chi connectivity index (χ2n) is 7.83. The first-order valence-corrected chi connectivity index (χ1v) is 9.12. The molecule has 2 atom stereocenters. The summed E-state index contributed by atoms with van der Waals surface area (Å²) in [5.74, 6) is 1.66. The Kier molecular flexibility index (Phi) is 8.53. The molecule has 1 fully saturated rings. The molecule has 0 aromatic carbocycles. The van der Waals surface area contributed by atoms with Gasteiger partial charge in [-0.3, -0.25) is 0 Å². The second kappa shape index (κ2) is 8.16. The first kappa shape index (κ1) is 21.9. The zero-order chi connectivity index (χ0) is 14.3. The fourth-order valence-electron chi connectivity index (χ4n) is 3.91. The van der Waals surface area contributed by atoms with Gasteiger partial charge in [-0.1, -0.05) is 0 Å². The van der Waals surface area contributed by atoms with Crippen molar-refractivity contribution < 1.29 is 49.5 Å². The van der Waals surface area contributed by atoms with Crippen LogP contribution in [0.5, 0.6) is 0 Å². The zero-order valence-corrected chi connectivity index (χ0v) is 18.1. The van der Waals surface area contributed by atoms with Gasteiger partial charge in [-0.15, -0.1) is 0 Å². The molecule has 119 valence electrons. The van der Waals surface area contributed by atoms with E-state index in [1.165, 1.54) is 32.1 Å². The molecule has 2 rings (SSSR count). The van der Waals surface area contributed by atoms with Gasteiger partial charge in [0.1, 0.15) is 0 Å². The summed E-state index contributed by atoms with van der Waals surface area (Å²) in [6.07, 6.45) is 11.7. The Morgan fingerprint density at radius 1 is 1.29 bits per heavy atom.